The van der Waals surface area contributed by atoms with Gasteiger partial charge in [0.2, 0.25) is 6.23 Å². The van der Waals surface area contributed by atoms with E-state index in [1.165, 1.54) is 12.4 Å². The van der Waals surface area contributed by atoms with Gasteiger partial charge in [-0.05, 0) is 4.92 Å². The predicted molar refractivity (Wildman–Crippen MR) is 61.4 cm³/mol. The SMILES string of the molecule is CC(=O)O[C@H]1[C@H](O)[C@@H](CO)O[C@H]1n1ccnc1[N+](=O)[O-]. The minimum Gasteiger partial charge on any atom is -0.453 e. The van der Waals surface area contributed by atoms with E-state index in [1.807, 2.05) is 0 Å². The Labute approximate surface area is 112 Å². The van der Waals surface area contributed by atoms with Crippen molar-refractivity contribution in [1.82, 2.24) is 9.55 Å². The van der Waals surface area contributed by atoms with Crippen LogP contribution in [0.5, 0.6) is 0 Å². The Morgan fingerprint density at radius 3 is 2.95 bits per heavy atom. The lowest BCUT2D eigenvalue weighted by atomic mass is 10.1. The van der Waals surface area contributed by atoms with Crippen molar-refractivity contribution in [2.24, 2.45) is 0 Å². The van der Waals surface area contributed by atoms with Crippen molar-refractivity contribution in [3.63, 3.8) is 0 Å². The number of aliphatic hydroxyl groups excluding tert-OH is 2. The van der Waals surface area contributed by atoms with Gasteiger partial charge in [-0.1, -0.05) is 4.98 Å². The monoisotopic (exact) mass is 287 g/mol. The van der Waals surface area contributed by atoms with Crippen molar-refractivity contribution in [3.05, 3.63) is 22.5 Å². The van der Waals surface area contributed by atoms with Crippen molar-refractivity contribution in [1.29, 1.82) is 0 Å². The number of ether oxygens (including phenoxy) is 2. The molecule has 110 valence electrons. The van der Waals surface area contributed by atoms with Gasteiger partial charge >= 0.3 is 11.9 Å². The van der Waals surface area contributed by atoms with Gasteiger partial charge in [-0.15, -0.1) is 0 Å². The van der Waals surface area contributed by atoms with E-state index >= 15 is 0 Å². The molecule has 2 rings (SSSR count). The van der Waals surface area contributed by atoms with Gasteiger partial charge in [0.25, 0.3) is 0 Å². The van der Waals surface area contributed by atoms with E-state index in [1.54, 1.807) is 0 Å². The maximum atomic E-state index is 11.1. The molecule has 2 heterocycles. The Balaban J connectivity index is 2.34. The molecule has 0 unspecified atom stereocenters. The lowest BCUT2D eigenvalue weighted by molar-refractivity contribution is -0.398. The summed E-state index contributed by atoms with van der Waals surface area (Å²) in [7, 11) is 0. The molecule has 4 atom stereocenters. The highest BCUT2D eigenvalue weighted by molar-refractivity contribution is 5.66. The summed E-state index contributed by atoms with van der Waals surface area (Å²) >= 11 is 0. The second-order valence-electron chi connectivity index (χ2n) is 4.20. The largest absolute Gasteiger partial charge is 0.453 e. The van der Waals surface area contributed by atoms with E-state index in [0.29, 0.717) is 0 Å². The van der Waals surface area contributed by atoms with Crippen molar-refractivity contribution in [2.45, 2.75) is 31.5 Å². The van der Waals surface area contributed by atoms with Crippen molar-refractivity contribution in [2.75, 3.05) is 6.61 Å². The Kier molecular flexibility index (Phi) is 3.97. The van der Waals surface area contributed by atoms with Crippen LogP contribution < -0.4 is 0 Å². The maximum Gasteiger partial charge on any atom is 0.436 e. The Morgan fingerprint density at radius 1 is 1.70 bits per heavy atom. The number of carbonyl (C=O) groups excluding carboxylic acids is 1. The van der Waals surface area contributed by atoms with Crippen LogP contribution in [0.4, 0.5) is 5.95 Å². The molecule has 10 heteroatoms. The maximum absolute atomic E-state index is 11.1. The summed E-state index contributed by atoms with van der Waals surface area (Å²) in [6, 6.07) is 0. The first-order valence-electron chi connectivity index (χ1n) is 5.74. The smallest absolute Gasteiger partial charge is 0.436 e. The third-order valence-electron chi connectivity index (χ3n) is 2.88. The van der Waals surface area contributed by atoms with Gasteiger partial charge in [-0.2, -0.15) is 4.57 Å². The number of aromatic nitrogens is 2. The van der Waals surface area contributed by atoms with Crippen LogP contribution in [0.3, 0.4) is 0 Å². The summed E-state index contributed by atoms with van der Waals surface area (Å²) in [6.07, 6.45) is -2.15. The van der Waals surface area contributed by atoms with Gasteiger partial charge in [0.15, 0.2) is 6.10 Å². The molecule has 0 bridgehead atoms. The minimum absolute atomic E-state index is 0.516. The normalized spacial score (nSPS) is 29.4. The molecule has 0 amide bonds. The first-order chi connectivity index (χ1) is 9.45. The van der Waals surface area contributed by atoms with Crippen molar-refractivity contribution < 1.29 is 29.4 Å². The van der Waals surface area contributed by atoms with E-state index in [2.05, 4.69) is 4.98 Å². The van der Waals surface area contributed by atoms with Crippen LogP contribution in [0, 0.1) is 10.1 Å². The molecule has 20 heavy (non-hydrogen) atoms. The molecule has 0 radical (unpaired) electrons. The topological polar surface area (TPSA) is 137 Å². The number of hydrogen-bond acceptors (Lipinski definition) is 8. The molecule has 0 aromatic carbocycles. The van der Waals surface area contributed by atoms with Crippen LogP contribution in [0.25, 0.3) is 0 Å². The van der Waals surface area contributed by atoms with Crippen LogP contribution in [0.1, 0.15) is 13.2 Å². The molecule has 2 N–H and O–H groups in total. The summed E-state index contributed by atoms with van der Waals surface area (Å²) in [4.78, 5) is 24.7. The van der Waals surface area contributed by atoms with Crippen LogP contribution >= 0.6 is 0 Å². The number of esters is 1. The van der Waals surface area contributed by atoms with E-state index in [4.69, 9.17) is 14.6 Å². The third kappa shape index (κ3) is 2.48. The van der Waals surface area contributed by atoms with Crippen LogP contribution in [-0.4, -0.2) is 55.6 Å². The molecular formula is C10H13N3O7. The number of carbonyl (C=O) groups is 1. The molecule has 0 aliphatic carbocycles. The molecular weight excluding hydrogens is 274 g/mol. The fourth-order valence-electron chi connectivity index (χ4n) is 2.06. The Hall–Kier alpha value is -2.04. The lowest BCUT2D eigenvalue weighted by Crippen LogP contribution is -2.36. The average molecular weight is 287 g/mol. The van der Waals surface area contributed by atoms with Gasteiger partial charge in [0, 0.05) is 6.92 Å². The summed E-state index contributed by atoms with van der Waals surface area (Å²) in [6.45, 7) is 0.621. The van der Waals surface area contributed by atoms with Crippen LogP contribution in [0.15, 0.2) is 12.4 Å². The fourth-order valence-corrected chi connectivity index (χ4v) is 2.06. The first kappa shape index (κ1) is 14.4. The van der Waals surface area contributed by atoms with Crippen molar-refractivity contribution in [3.8, 4) is 0 Å². The second kappa shape index (κ2) is 5.53. The van der Waals surface area contributed by atoms with Gasteiger partial charge in [0.1, 0.15) is 24.6 Å². The highest BCUT2D eigenvalue weighted by Gasteiger charge is 2.49. The zero-order chi connectivity index (χ0) is 14.9. The standard InChI is InChI=1S/C10H13N3O7/c1-5(15)19-8-7(16)6(4-14)20-9(8)12-3-2-11-10(12)13(17)18/h2-3,6-9,14,16H,4H2,1H3/t6-,7-,8+,9-/m1/s1. The zero-order valence-electron chi connectivity index (χ0n) is 10.4. The van der Waals surface area contributed by atoms with E-state index in [9.17, 15) is 20.0 Å². The number of nitro groups is 1. The first-order valence-corrected chi connectivity index (χ1v) is 5.74. The minimum atomic E-state index is -1.30. The highest BCUT2D eigenvalue weighted by Crippen LogP contribution is 2.33. The molecule has 1 aliphatic rings. The van der Waals surface area contributed by atoms with Gasteiger partial charge in [-0.25, -0.2) is 0 Å². The molecule has 1 aliphatic heterocycles. The summed E-state index contributed by atoms with van der Waals surface area (Å²) in [5, 5.41) is 29.9. The van der Waals surface area contributed by atoms with E-state index < -0.39 is 48.0 Å². The van der Waals surface area contributed by atoms with Gasteiger partial charge < -0.3 is 29.8 Å². The number of hydrogen-bond donors (Lipinski definition) is 2. The lowest BCUT2D eigenvalue weighted by Gasteiger charge is -2.18. The number of nitrogens with zero attached hydrogens (tertiary/aromatic N) is 3. The number of rotatable bonds is 4. The van der Waals surface area contributed by atoms with Gasteiger partial charge in [0.05, 0.1) is 6.61 Å². The molecule has 1 aromatic heterocycles. The highest BCUT2D eigenvalue weighted by atomic mass is 16.6. The molecule has 1 saturated heterocycles. The fraction of sp³-hybridized carbons (Fsp3) is 0.600. The van der Waals surface area contributed by atoms with Crippen molar-refractivity contribution >= 4 is 11.9 Å². The third-order valence-corrected chi connectivity index (χ3v) is 2.88. The average Bonchev–Trinajstić information content (AvgIpc) is 2.95. The van der Waals surface area contributed by atoms with E-state index in [0.717, 1.165) is 11.5 Å². The predicted octanol–water partition coefficient (Wildman–Crippen LogP) is -1.03. The molecule has 0 spiro atoms. The van der Waals surface area contributed by atoms with Crippen LogP contribution in [-0.2, 0) is 14.3 Å². The Morgan fingerprint density at radius 2 is 2.40 bits per heavy atom. The summed E-state index contributed by atoms with van der Waals surface area (Å²) in [5.74, 6) is -1.19. The summed E-state index contributed by atoms with van der Waals surface area (Å²) in [5.41, 5.74) is 0. The number of aliphatic hydroxyl groups is 2. The quantitative estimate of drug-likeness (QED) is 0.407. The molecule has 1 aromatic rings. The van der Waals surface area contributed by atoms with Crippen LogP contribution in [0.2, 0.25) is 0 Å². The zero-order valence-corrected chi connectivity index (χ0v) is 10.4. The number of imidazole rings is 1. The Bertz CT molecular complexity index is 517. The van der Waals surface area contributed by atoms with Gasteiger partial charge in [-0.3, -0.25) is 4.79 Å². The second-order valence-corrected chi connectivity index (χ2v) is 4.20. The molecule has 1 fully saturated rings. The van der Waals surface area contributed by atoms with E-state index in [-0.39, 0.29) is 0 Å². The molecule has 0 saturated carbocycles. The molecule has 10 nitrogen and oxygen atoms in total. The summed E-state index contributed by atoms with van der Waals surface area (Å²) < 4.78 is 11.3.